The molecule has 106 valence electrons. The van der Waals surface area contributed by atoms with Gasteiger partial charge < -0.3 is 10.6 Å². The molecule has 2 aromatic rings. The van der Waals surface area contributed by atoms with Crippen molar-refractivity contribution >= 4 is 11.6 Å². The average Bonchev–Trinajstić information content (AvgIpc) is 2.49. The van der Waals surface area contributed by atoms with Crippen molar-refractivity contribution < 1.29 is 9.18 Å². The van der Waals surface area contributed by atoms with Crippen LogP contribution in [0, 0.1) is 17.7 Å². The highest BCUT2D eigenvalue weighted by Crippen LogP contribution is 2.12. The van der Waals surface area contributed by atoms with E-state index >= 15 is 0 Å². The normalized spacial score (nSPS) is 9.62. The lowest BCUT2D eigenvalue weighted by Gasteiger charge is -2.14. The number of carbonyl (C=O) groups excluding carboxylic acids is 1. The maximum absolute atomic E-state index is 12.8. The standard InChI is InChI=1S/C17H15FN2O/c1-20(17(21)15-6-2-3-7-16(15)19)12-4-5-13-8-10-14(18)11-9-13/h2-3,6-11H,12,19H2,1H3. The van der Waals surface area contributed by atoms with Gasteiger partial charge in [0.1, 0.15) is 5.82 Å². The molecule has 0 aliphatic heterocycles. The minimum absolute atomic E-state index is 0.179. The van der Waals surface area contributed by atoms with Crippen LogP contribution >= 0.6 is 0 Å². The lowest BCUT2D eigenvalue weighted by molar-refractivity contribution is 0.0813. The molecule has 0 aromatic heterocycles. The Bertz CT molecular complexity index is 699. The molecule has 0 aliphatic rings. The molecular formula is C17H15FN2O. The fourth-order valence-electron chi connectivity index (χ4n) is 1.76. The van der Waals surface area contributed by atoms with E-state index in [1.54, 1.807) is 43.4 Å². The summed E-state index contributed by atoms with van der Waals surface area (Å²) in [5.41, 5.74) is 7.39. The summed E-state index contributed by atoms with van der Waals surface area (Å²) in [4.78, 5) is 13.7. The van der Waals surface area contributed by atoms with Crippen LogP contribution in [0.3, 0.4) is 0 Å². The zero-order chi connectivity index (χ0) is 15.2. The van der Waals surface area contributed by atoms with Crippen LogP contribution in [0.1, 0.15) is 15.9 Å². The first-order valence-electron chi connectivity index (χ1n) is 6.42. The molecule has 0 aliphatic carbocycles. The summed E-state index contributed by atoms with van der Waals surface area (Å²) in [6, 6.07) is 12.8. The number of carbonyl (C=O) groups is 1. The molecule has 0 saturated heterocycles. The largest absolute Gasteiger partial charge is 0.398 e. The Morgan fingerprint density at radius 3 is 2.52 bits per heavy atom. The van der Waals surface area contributed by atoms with E-state index in [2.05, 4.69) is 11.8 Å². The fraction of sp³-hybridized carbons (Fsp3) is 0.118. The first-order chi connectivity index (χ1) is 10.1. The van der Waals surface area contributed by atoms with Gasteiger partial charge in [-0.2, -0.15) is 0 Å². The molecule has 4 heteroatoms. The highest BCUT2D eigenvalue weighted by atomic mass is 19.1. The molecule has 0 spiro atoms. The van der Waals surface area contributed by atoms with Crippen LogP contribution in [0.4, 0.5) is 10.1 Å². The monoisotopic (exact) mass is 282 g/mol. The number of anilines is 1. The van der Waals surface area contributed by atoms with Gasteiger partial charge in [0, 0.05) is 18.3 Å². The third-order valence-corrected chi connectivity index (χ3v) is 2.93. The van der Waals surface area contributed by atoms with Crippen LogP contribution < -0.4 is 5.73 Å². The number of nitrogens with zero attached hydrogens (tertiary/aromatic N) is 1. The van der Waals surface area contributed by atoms with E-state index in [9.17, 15) is 9.18 Å². The number of hydrogen-bond acceptors (Lipinski definition) is 2. The van der Waals surface area contributed by atoms with Crippen molar-refractivity contribution in [2.45, 2.75) is 0 Å². The van der Waals surface area contributed by atoms with Crippen molar-refractivity contribution in [1.29, 1.82) is 0 Å². The summed E-state index contributed by atoms with van der Waals surface area (Å²) in [6.07, 6.45) is 0. The van der Waals surface area contributed by atoms with Crippen molar-refractivity contribution in [1.82, 2.24) is 4.90 Å². The summed E-state index contributed by atoms with van der Waals surface area (Å²) in [6.45, 7) is 0.268. The number of amides is 1. The zero-order valence-electron chi connectivity index (χ0n) is 11.6. The number of nitrogen functional groups attached to an aromatic ring is 1. The van der Waals surface area contributed by atoms with E-state index in [0.717, 1.165) is 0 Å². The first-order valence-corrected chi connectivity index (χ1v) is 6.42. The van der Waals surface area contributed by atoms with Crippen LogP contribution in [-0.2, 0) is 0 Å². The fourth-order valence-corrected chi connectivity index (χ4v) is 1.76. The maximum atomic E-state index is 12.8. The van der Waals surface area contributed by atoms with Gasteiger partial charge in [0.15, 0.2) is 0 Å². The van der Waals surface area contributed by atoms with Gasteiger partial charge in [0.25, 0.3) is 5.91 Å². The molecule has 2 N–H and O–H groups in total. The lowest BCUT2D eigenvalue weighted by atomic mass is 10.1. The molecule has 1 amide bonds. The third kappa shape index (κ3) is 3.83. The van der Waals surface area contributed by atoms with Crippen molar-refractivity contribution in [2.75, 3.05) is 19.3 Å². The Kier molecular flexibility index (Phi) is 4.57. The Morgan fingerprint density at radius 2 is 1.86 bits per heavy atom. The van der Waals surface area contributed by atoms with E-state index < -0.39 is 0 Å². The van der Waals surface area contributed by atoms with Gasteiger partial charge in [-0.25, -0.2) is 4.39 Å². The number of rotatable bonds is 2. The SMILES string of the molecule is CN(CC#Cc1ccc(F)cc1)C(=O)c1ccccc1N. The van der Waals surface area contributed by atoms with Crippen LogP contribution in [0.5, 0.6) is 0 Å². The Balaban J connectivity index is 2.02. The van der Waals surface area contributed by atoms with Crippen LogP contribution in [0.2, 0.25) is 0 Å². The number of para-hydroxylation sites is 1. The molecule has 0 unspecified atom stereocenters. The van der Waals surface area contributed by atoms with Crippen molar-refractivity contribution in [3.05, 3.63) is 65.5 Å². The highest BCUT2D eigenvalue weighted by Gasteiger charge is 2.12. The number of hydrogen-bond donors (Lipinski definition) is 1. The van der Waals surface area contributed by atoms with Crippen LogP contribution in [-0.4, -0.2) is 24.4 Å². The molecule has 3 nitrogen and oxygen atoms in total. The molecule has 2 aromatic carbocycles. The van der Waals surface area contributed by atoms with Crippen molar-refractivity contribution in [2.24, 2.45) is 0 Å². The van der Waals surface area contributed by atoms with Gasteiger partial charge in [0.2, 0.25) is 0 Å². The summed E-state index contributed by atoms with van der Waals surface area (Å²) >= 11 is 0. The first kappa shape index (κ1) is 14.6. The highest BCUT2D eigenvalue weighted by molar-refractivity contribution is 5.99. The van der Waals surface area contributed by atoms with Crippen LogP contribution in [0.25, 0.3) is 0 Å². The number of benzene rings is 2. The summed E-state index contributed by atoms with van der Waals surface area (Å²) in [7, 11) is 1.66. The van der Waals surface area contributed by atoms with E-state index in [4.69, 9.17) is 5.73 Å². The lowest BCUT2D eigenvalue weighted by Crippen LogP contribution is -2.27. The second-order valence-corrected chi connectivity index (χ2v) is 4.56. The van der Waals surface area contributed by atoms with Gasteiger partial charge >= 0.3 is 0 Å². The van der Waals surface area contributed by atoms with Crippen molar-refractivity contribution in [3.8, 4) is 11.8 Å². The zero-order valence-corrected chi connectivity index (χ0v) is 11.6. The maximum Gasteiger partial charge on any atom is 0.256 e. The Morgan fingerprint density at radius 1 is 1.19 bits per heavy atom. The van der Waals surface area contributed by atoms with Gasteiger partial charge in [-0.1, -0.05) is 24.0 Å². The van der Waals surface area contributed by atoms with Crippen molar-refractivity contribution in [3.63, 3.8) is 0 Å². The molecule has 21 heavy (non-hydrogen) atoms. The van der Waals surface area contributed by atoms with Gasteiger partial charge in [-0.3, -0.25) is 4.79 Å². The molecule has 0 bridgehead atoms. The minimum atomic E-state index is -0.299. The van der Waals surface area contributed by atoms with Gasteiger partial charge in [0.05, 0.1) is 12.1 Å². The molecule has 2 rings (SSSR count). The average molecular weight is 282 g/mol. The molecule has 0 fully saturated rings. The molecule has 0 radical (unpaired) electrons. The smallest absolute Gasteiger partial charge is 0.256 e. The van der Waals surface area contributed by atoms with Gasteiger partial charge in [-0.05, 0) is 36.4 Å². The van der Waals surface area contributed by atoms with E-state index in [1.807, 2.05) is 0 Å². The quantitative estimate of drug-likeness (QED) is 0.679. The predicted octanol–water partition coefficient (Wildman–Crippen LogP) is 2.53. The topological polar surface area (TPSA) is 46.3 Å². The predicted molar refractivity (Wildman–Crippen MR) is 81.1 cm³/mol. The molecule has 0 heterocycles. The van der Waals surface area contributed by atoms with E-state index in [-0.39, 0.29) is 18.3 Å². The second kappa shape index (κ2) is 6.58. The van der Waals surface area contributed by atoms with Crippen LogP contribution in [0.15, 0.2) is 48.5 Å². The summed E-state index contributed by atoms with van der Waals surface area (Å²) < 4.78 is 12.8. The molecule has 0 saturated carbocycles. The Hall–Kier alpha value is -2.80. The Labute approximate surface area is 123 Å². The third-order valence-electron chi connectivity index (χ3n) is 2.93. The molecule has 0 atom stereocenters. The molecular weight excluding hydrogens is 267 g/mol. The minimum Gasteiger partial charge on any atom is -0.398 e. The van der Waals surface area contributed by atoms with E-state index in [1.165, 1.54) is 17.0 Å². The van der Waals surface area contributed by atoms with Gasteiger partial charge in [-0.15, -0.1) is 0 Å². The summed E-state index contributed by atoms with van der Waals surface area (Å²) in [5, 5.41) is 0. The summed E-state index contributed by atoms with van der Waals surface area (Å²) in [5.74, 6) is 5.29. The number of halogens is 1. The van der Waals surface area contributed by atoms with E-state index in [0.29, 0.717) is 16.8 Å². The second-order valence-electron chi connectivity index (χ2n) is 4.56. The number of nitrogens with two attached hydrogens (primary N) is 1.